The third-order valence-electron chi connectivity index (χ3n) is 4.21. The number of carbonyl (C=O) groups excluding carboxylic acids is 1. The first-order valence-corrected chi connectivity index (χ1v) is 8.47. The molecular formula is C18H20ClN5O2. The Morgan fingerprint density at radius 3 is 2.73 bits per heavy atom. The first kappa shape index (κ1) is 18.0. The van der Waals surface area contributed by atoms with Gasteiger partial charge in [-0.25, -0.2) is 4.68 Å². The highest BCUT2D eigenvalue weighted by Gasteiger charge is 2.18. The Morgan fingerprint density at radius 1 is 1.27 bits per heavy atom. The van der Waals surface area contributed by atoms with Gasteiger partial charge in [-0.05, 0) is 25.1 Å². The lowest BCUT2D eigenvalue weighted by molar-refractivity contribution is 0.0762. The van der Waals surface area contributed by atoms with Gasteiger partial charge in [-0.2, -0.15) is 10.2 Å². The number of benzene rings is 1. The number of hydrogen-bond donors (Lipinski definition) is 0. The second-order valence-electron chi connectivity index (χ2n) is 5.96. The van der Waals surface area contributed by atoms with Crippen LogP contribution in [-0.4, -0.2) is 37.4 Å². The molecule has 0 radical (unpaired) electrons. The summed E-state index contributed by atoms with van der Waals surface area (Å²) in [4.78, 5) is 14.4. The largest absolute Gasteiger partial charge is 0.470 e. The normalized spacial score (nSPS) is 10.8. The van der Waals surface area contributed by atoms with E-state index in [0.717, 1.165) is 11.3 Å². The van der Waals surface area contributed by atoms with E-state index >= 15 is 0 Å². The lowest BCUT2D eigenvalue weighted by Gasteiger charge is -2.18. The number of amides is 1. The second kappa shape index (κ2) is 7.61. The van der Waals surface area contributed by atoms with Gasteiger partial charge in [-0.15, -0.1) is 0 Å². The maximum absolute atomic E-state index is 12.8. The van der Waals surface area contributed by atoms with Crippen molar-refractivity contribution in [3.05, 3.63) is 64.7 Å². The van der Waals surface area contributed by atoms with Gasteiger partial charge in [0.25, 0.3) is 5.91 Å². The molecule has 136 valence electrons. The molecule has 1 aromatic carbocycles. The molecule has 0 spiro atoms. The first-order chi connectivity index (χ1) is 12.5. The molecule has 0 N–H and O–H groups in total. The van der Waals surface area contributed by atoms with E-state index in [0.29, 0.717) is 23.0 Å². The van der Waals surface area contributed by atoms with Crippen LogP contribution in [0.2, 0.25) is 5.02 Å². The Balaban J connectivity index is 1.69. The van der Waals surface area contributed by atoms with Crippen LogP contribution in [-0.2, 0) is 20.3 Å². The molecule has 2 heterocycles. The zero-order valence-electron chi connectivity index (χ0n) is 14.9. The lowest BCUT2D eigenvalue weighted by Crippen LogP contribution is -2.29. The predicted octanol–water partition coefficient (Wildman–Crippen LogP) is 2.89. The van der Waals surface area contributed by atoms with Crippen molar-refractivity contribution in [2.45, 2.75) is 20.2 Å². The van der Waals surface area contributed by atoms with Crippen molar-refractivity contribution in [2.75, 3.05) is 7.05 Å². The van der Waals surface area contributed by atoms with Gasteiger partial charge in [0.15, 0.2) is 6.73 Å². The smallest absolute Gasteiger partial charge is 0.272 e. The Kier molecular flexibility index (Phi) is 5.27. The molecule has 7 nitrogen and oxygen atoms in total. The summed E-state index contributed by atoms with van der Waals surface area (Å²) in [5.74, 6) is 0.399. The third-order valence-corrected chi connectivity index (χ3v) is 4.52. The number of para-hydroxylation sites is 1. The van der Waals surface area contributed by atoms with Crippen molar-refractivity contribution in [3.63, 3.8) is 0 Å². The van der Waals surface area contributed by atoms with Crippen molar-refractivity contribution in [2.24, 2.45) is 7.05 Å². The number of carbonyl (C=O) groups is 1. The summed E-state index contributed by atoms with van der Waals surface area (Å²) < 4.78 is 8.98. The number of aryl methyl sites for hydroxylation is 1. The molecule has 0 atom stereocenters. The van der Waals surface area contributed by atoms with Crippen LogP contribution in [0, 0.1) is 6.92 Å². The molecule has 26 heavy (non-hydrogen) atoms. The number of rotatable bonds is 6. The average Bonchev–Trinajstić information content (AvgIpc) is 3.22. The Bertz CT molecular complexity index is 918. The fourth-order valence-electron chi connectivity index (χ4n) is 2.53. The van der Waals surface area contributed by atoms with Gasteiger partial charge >= 0.3 is 0 Å². The molecule has 0 saturated carbocycles. The number of halogens is 1. The van der Waals surface area contributed by atoms with Gasteiger partial charge in [0.1, 0.15) is 11.4 Å². The van der Waals surface area contributed by atoms with Crippen LogP contribution in [0.15, 0.2) is 42.7 Å². The van der Waals surface area contributed by atoms with Crippen molar-refractivity contribution in [3.8, 4) is 5.75 Å². The highest BCUT2D eigenvalue weighted by atomic mass is 35.5. The van der Waals surface area contributed by atoms with Crippen molar-refractivity contribution in [1.82, 2.24) is 24.5 Å². The van der Waals surface area contributed by atoms with Gasteiger partial charge in [0.05, 0.1) is 11.2 Å². The van der Waals surface area contributed by atoms with Crippen molar-refractivity contribution >= 4 is 17.5 Å². The number of aromatic nitrogens is 4. The zero-order valence-corrected chi connectivity index (χ0v) is 15.6. The molecule has 2 aromatic heterocycles. The predicted molar refractivity (Wildman–Crippen MR) is 98.0 cm³/mol. The van der Waals surface area contributed by atoms with E-state index in [1.165, 1.54) is 4.68 Å². The standard InChI is InChI=1S/C18H20ClN5O2/c1-13-14(10-21-23(13)3)11-22(2)18(25)16-8-9-20-24(16)12-26-17-7-5-4-6-15(17)19/h4-10H,11-12H2,1-3H3. The second-order valence-corrected chi connectivity index (χ2v) is 6.37. The summed E-state index contributed by atoms with van der Waals surface area (Å²) in [7, 11) is 3.63. The Hall–Kier alpha value is -2.80. The van der Waals surface area contributed by atoms with E-state index in [1.54, 1.807) is 47.2 Å². The number of ether oxygens (including phenoxy) is 1. The van der Waals surface area contributed by atoms with Gasteiger partial charge in [-0.1, -0.05) is 23.7 Å². The maximum atomic E-state index is 12.8. The van der Waals surface area contributed by atoms with Crippen molar-refractivity contribution < 1.29 is 9.53 Å². The summed E-state index contributed by atoms with van der Waals surface area (Å²) in [5, 5.41) is 8.90. The SMILES string of the molecule is Cc1c(CN(C)C(=O)c2ccnn2COc2ccccc2Cl)cnn1C. The summed E-state index contributed by atoms with van der Waals surface area (Å²) in [6.07, 6.45) is 3.35. The fraction of sp³-hybridized carbons (Fsp3) is 0.278. The molecule has 3 rings (SSSR count). The first-order valence-electron chi connectivity index (χ1n) is 8.09. The maximum Gasteiger partial charge on any atom is 0.272 e. The number of nitrogens with zero attached hydrogens (tertiary/aromatic N) is 5. The molecule has 1 amide bonds. The zero-order chi connectivity index (χ0) is 18.7. The van der Waals surface area contributed by atoms with Crippen LogP contribution in [0.4, 0.5) is 0 Å². The van der Waals surface area contributed by atoms with E-state index in [1.807, 2.05) is 26.1 Å². The van der Waals surface area contributed by atoms with Crippen LogP contribution in [0.5, 0.6) is 5.75 Å². The monoisotopic (exact) mass is 373 g/mol. The van der Waals surface area contributed by atoms with Crippen LogP contribution in [0.25, 0.3) is 0 Å². The highest BCUT2D eigenvalue weighted by Crippen LogP contribution is 2.23. The quantitative estimate of drug-likeness (QED) is 0.666. The van der Waals surface area contributed by atoms with E-state index in [9.17, 15) is 4.79 Å². The molecule has 0 aliphatic rings. The summed E-state index contributed by atoms with van der Waals surface area (Å²) >= 11 is 6.09. The Morgan fingerprint density at radius 2 is 2.04 bits per heavy atom. The molecule has 0 unspecified atom stereocenters. The summed E-state index contributed by atoms with van der Waals surface area (Å²) in [6.45, 7) is 2.54. The average molecular weight is 374 g/mol. The number of hydrogen-bond acceptors (Lipinski definition) is 4. The minimum Gasteiger partial charge on any atom is -0.470 e. The van der Waals surface area contributed by atoms with E-state index in [2.05, 4.69) is 10.2 Å². The van der Waals surface area contributed by atoms with Gasteiger partial charge < -0.3 is 9.64 Å². The van der Waals surface area contributed by atoms with E-state index in [4.69, 9.17) is 16.3 Å². The molecule has 0 aliphatic heterocycles. The van der Waals surface area contributed by atoms with Crippen LogP contribution < -0.4 is 4.74 Å². The Labute approximate surface area is 156 Å². The molecule has 0 fully saturated rings. The van der Waals surface area contributed by atoms with Crippen LogP contribution in [0.3, 0.4) is 0 Å². The molecule has 0 aliphatic carbocycles. The minimum absolute atomic E-state index is 0.0948. The molecule has 0 saturated heterocycles. The van der Waals surface area contributed by atoms with Crippen LogP contribution in [0.1, 0.15) is 21.7 Å². The van der Waals surface area contributed by atoms with Gasteiger partial charge in [0.2, 0.25) is 0 Å². The van der Waals surface area contributed by atoms with E-state index in [-0.39, 0.29) is 12.6 Å². The summed E-state index contributed by atoms with van der Waals surface area (Å²) in [5.41, 5.74) is 2.48. The molecule has 3 aromatic rings. The lowest BCUT2D eigenvalue weighted by atomic mass is 10.2. The fourth-order valence-corrected chi connectivity index (χ4v) is 2.72. The molecule has 0 bridgehead atoms. The molecule has 8 heteroatoms. The highest BCUT2D eigenvalue weighted by molar-refractivity contribution is 6.32. The summed E-state index contributed by atoms with van der Waals surface area (Å²) in [6, 6.07) is 8.85. The molecular weight excluding hydrogens is 354 g/mol. The van der Waals surface area contributed by atoms with Gasteiger partial charge in [-0.3, -0.25) is 9.48 Å². The topological polar surface area (TPSA) is 65.2 Å². The third kappa shape index (κ3) is 3.72. The van der Waals surface area contributed by atoms with E-state index < -0.39 is 0 Å². The van der Waals surface area contributed by atoms with Crippen molar-refractivity contribution in [1.29, 1.82) is 0 Å². The van der Waals surface area contributed by atoms with Gasteiger partial charge in [0, 0.05) is 38.1 Å². The minimum atomic E-state index is -0.145. The van der Waals surface area contributed by atoms with Crippen LogP contribution >= 0.6 is 11.6 Å².